The van der Waals surface area contributed by atoms with Gasteiger partial charge in [0, 0.05) is 31.7 Å². The summed E-state index contributed by atoms with van der Waals surface area (Å²) in [5, 5.41) is 0. The molecule has 0 spiro atoms. The third-order valence-corrected chi connectivity index (χ3v) is 6.96. The molecule has 0 bridgehead atoms. The van der Waals surface area contributed by atoms with Gasteiger partial charge in [-0.05, 0) is 57.5 Å². The van der Waals surface area contributed by atoms with Gasteiger partial charge in [0.1, 0.15) is 5.75 Å². The Morgan fingerprint density at radius 2 is 1.54 bits per heavy atom. The number of nitrogens with zero attached hydrogens (tertiary/aromatic N) is 2. The number of rotatable bonds is 6. The van der Waals surface area contributed by atoms with Crippen molar-refractivity contribution in [2.45, 2.75) is 57.3 Å². The lowest BCUT2D eigenvalue weighted by Gasteiger charge is -2.43. The molecule has 1 aliphatic heterocycles. The molecular weight excluding hydrogens is 372 g/mol. The molecule has 6 heteroatoms. The quantitative estimate of drug-likeness (QED) is 0.738. The van der Waals surface area contributed by atoms with Crippen LogP contribution in [0.5, 0.6) is 5.75 Å². The lowest BCUT2D eigenvalue weighted by Crippen LogP contribution is -2.57. The maximum absolute atomic E-state index is 13.1. The molecule has 1 fully saturated rings. The zero-order chi connectivity index (χ0) is 20.3. The Hall–Kier alpha value is -1.89. The Bertz CT molecular complexity index is 854. The predicted molar refractivity (Wildman–Crippen MR) is 112 cm³/mol. The van der Waals surface area contributed by atoms with Crippen molar-refractivity contribution < 1.29 is 13.2 Å². The Morgan fingerprint density at radius 1 is 0.964 bits per heavy atom. The van der Waals surface area contributed by atoms with Crippen molar-refractivity contribution in [1.29, 1.82) is 0 Å². The van der Waals surface area contributed by atoms with Gasteiger partial charge in [-0.1, -0.05) is 30.3 Å². The van der Waals surface area contributed by atoms with E-state index >= 15 is 0 Å². The van der Waals surface area contributed by atoms with E-state index in [2.05, 4.69) is 30.9 Å². The first-order valence-electron chi connectivity index (χ1n) is 9.84. The molecule has 5 nitrogen and oxygen atoms in total. The molecule has 2 unspecified atom stereocenters. The summed E-state index contributed by atoms with van der Waals surface area (Å²) in [6, 6.07) is 17.3. The van der Waals surface area contributed by atoms with E-state index in [0.717, 1.165) is 6.54 Å². The van der Waals surface area contributed by atoms with Crippen molar-refractivity contribution in [3.63, 3.8) is 0 Å². The monoisotopic (exact) mass is 402 g/mol. The van der Waals surface area contributed by atoms with Crippen molar-refractivity contribution in [1.82, 2.24) is 9.21 Å². The van der Waals surface area contributed by atoms with Crippen LogP contribution in [-0.4, -0.2) is 48.9 Å². The third kappa shape index (κ3) is 4.74. The first-order valence-corrected chi connectivity index (χ1v) is 11.3. The Kier molecular flexibility index (Phi) is 6.43. The van der Waals surface area contributed by atoms with Crippen molar-refractivity contribution >= 4 is 10.0 Å². The molecule has 3 rings (SSSR count). The first kappa shape index (κ1) is 20.8. The van der Waals surface area contributed by atoms with Crippen LogP contribution in [0.25, 0.3) is 0 Å². The Labute approximate surface area is 169 Å². The van der Waals surface area contributed by atoms with Gasteiger partial charge in [0.15, 0.2) is 0 Å². The van der Waals surface area contributed by atoms with Gasteiger partial charge in [0.25, 0.3) is 0 Å². The first-order chi connectivity index (χ1) is 13.3. The molecular formula is C22H30N2O3S. The maximum atomic E-state index is 13.1. The molecule has 1 saturated heterocycles. The van der Waals surface area contributed by atoms with Crippen LogP contribution in [-0.2, 0) is 16.6 Å². The van der Waals surface area contributed by atoms with Crippen LogP contribution in [0.3, 0.4) is 0 Å². The number of sulfonamides is 1. The van der Waals surface area contributed by atoms with Gasteiger partial charge in [-0.15, -0.1) is 0 Å². The van der Waals surface area contributed by atoms with Crippen LogP contribution < -0.4 is 4.74 Å². The Balaban J connectivity index is 1.72. The summed E-state index contributed by atoms with van der Waals surface area (Å²) in [4.78, 5) is 2.69. The largest absolute Gasteiger partial charge is 0.491 e. The molecule has 0 aromatic heterocycles. The van der Waals surface area contributed by atoms with Crippen LogP contribution in [0, 0.1) is 0 Å². The van der Waals surface area contributed by atoms with E-state index in [1.807, 2.05) is 32.0 Å². The highest BCUT2D eigenvalue weighted by molar-refractivity contribution is 7.89. The van der Waals surface area contributed by atoms with E-state index in [4.69, 9.17) is 4.74 Å². The average Bonchev–Trinajstić information content (AvgIpc) is 2.65. The molecule has 0 saturated carbocycles. The highest BCUT2D eigenvalue weighted by atomic mass is 32.2. The molecule has 0 aliphatic carbocycles. The standard InChI is InChI=1S/C22H30N2O3S/c1-17(2)27-21-10-12-22(13-11-21)28(25,26)23-14-18(3)24(19(4)15-23)16-20-8-6-5-7-9-20/h5-13,17-19H,14-16H2,1-4H3. The number of benzene rings is 2. The zero-order valence-electron chi connectivity index (χ0n) is 17.1. The predicted octanol–water partition coefficient (Wildman–Crippen LogP) is 3.76. The molecule has 2 atom stereocenters. The van der Waals surface area contributed by atoms with E-state index in [9.17, 15) is 8.42 Å². The van der Waals surface area contributed by atoms with Gasteiger partial charge in [-0.3, -0.25) is 4.90 Å². The van der Waals surface area contributed by atoms with E-state index in [-0.39, 0.29) is 18.2 Å². The molecule has 0 amide bonds. The fraction of sp³-hybridized carbons (Fsp3) is 0.455. The topological polar surface area (TPSA) is 49.9 Å². The van der Waals surface area contributed by atoms with E-state index < -0.39 is 10.0 Å². The summed E-state index contributed by atoms with van der Waals surface area (Å²) in [7, 11) is -3.52. The number of piperazine rings is 1. The smallest absolute Gasteiger partial charge is 0.243 e. The van der Waals surface area contributed by atoms with Crippen LogP contribution in [0.15, 0.2) is 59.5 Å². The molecule has 28 heavy (non-hydrogen) atoms. The molecule has 152 valence electrons. The fourth-order valence-electron chi connectivity index (χ4n) is 3.72. The second-order valence-electron chi connectivity index (χ2n) is 7.82. The fourth-order valence-corrected chi connectivity index (χ4v) is 5.32. The van der Waals surface area contributed by atoms with Crippen LogP contribution in [0.4, 0.5) is 0 Å². The maximum Gasteiger partial charge on any atom is 0.243 e. The summed E-state index contributed by atoms with van der Waals surface area (Å²) < 4.78 is 33.5. The van der Waals surface area contributed by atoms with Crippen molar-refractivity contribution in [3.8, 4) is 5.75 Å². The van der Waals surface area contributed by atoms with Gasteiger partial charge in [-0.2, -0.15) is 4.31 Å². The second kappa shape index (κ2) is 8.64. The highest BCUT2D eigenvalue weighted by Crippen LogP contribution is 2.26. The van der Waals surface area contributed by atoms with Crippen molar-refractivity contribution in [2.75, 3.05) is 13.1 Å². The van der Waals surface area contributed by atoms with Gasteiger partial charge in [-0.25, -0.2) is 8.42 Å². The average molecular weight is 403 g/mol. The minimum atomic E-state index is -3.52. The normalized spacial score (nSPS) is 21.8. The summed E-state index contributed by atoms with van der Waals surface area (Å²) >= 11 is 0. The zero-order valence-corrected chi connectivity index (χ0v) is 17.9. The van der Waals surface area contributed by atoms with Crippen molar-refractivity contribution in [3.05, 3.63) is 60.2 Å². The molecule has 1 aliphatic rings. The Morgan fingerprint density at radius 3 is 2.07 bits per heavy atom. The lowest BCUT2D eigenvalue weighted by atomic mass is 10.1. The minimum absolute atomic E-state index is 0.0573. The molecule has 0 radical (unpaired) electrons. The van der Waals surface area contributed by atoms with Crippen LogP contribution >= 0.6 is 0 Å². The summed E-state index contributed by atoms with van der Waals surface area (Å²) in [6.07, 6.45) is 0.0573. The van der Waals surface area contributed by atoms with Crippen LogP contribution in [0.1, 0.15) is 33.3 Å². The molecule has 2 aromatic rings. The lowest BCUT2D eigenvalue weighted by molar-refractivity contribution is 0.0699. The summed E-state index contributed by atoms with van der Waals surface area (Å²) in [5.74, 6) is 0.684. The van der Waals surface area contributed by atoms with Gasteiger partial charge < -0.3 is 4.74 Å². The number of ether oxygens (including phenoxy) is 1. The minimum Gasteiger partial charge on any atom is -0.491 e. The van der Waals surface area contributed by atoms with E-state index in [1.165, 1.54) is 5.56 Å². The van der Waals surface area contributed by atoms with Gasteiger partial charge >= 0.3 is 0 Å². The SMILES string of the molecule is CC(C)Oc1ccc(S(=O)(=O)N2CC(C)N(Cc3ccccc3)C(C)C2)cc1. The van der Waals surface area contributed by atoms with Crippen LogP contribution in [0.2, 0.25) is 0 Å². The molecule has 1 heterocycles. The third-order valence-electron chi connectivity index (χ3n) is 5.11. The molecule has 2 aromatic carbocycles. The van der Waals surface area contributed by atoms with Crippen molar-refractivity contribution in [2.24, 2.45) is 0 Å². The van der Waals surface area contributed by atoms with Gasteiger partial charge in [0.05, 0.1) is 11.0 Å². The van der Waals surface area contributed by atoms with E-state index in [0.29, 0.717) is 23.7 Å². The highest BCUT2D eigenvalue weighted by Gasteiger charge is 2.36. The summed E-state index contributed by atoms with van der Waals surface area (Å²) in [5.41, 5.74) is 1.25. The summed E-state index contributed by atoms with van der Waals surface area (Å²) in [6.45, 7) is 9.90. The molecule has 0 N–H and O–H groups in total. The number of hydrogen-bond acceptors (Lipinski definition) is 4. The number of hydrogen-bond donors (Lipinski definition) is 0. The van der Waals surface area contributed by atoms with Gasteiger partial charge in [0.2, 0.25) is 10.0 Å². The van der Waals surface area contributed by atoms with E-state index in [1.54, 1.807) is 28.6 Å². The second-order valence-corrected chi connectivity index (χ2v) is 9.75.